The summed E-state index contributed by atoms with van der Waals surface area (Å²) in [6.07, 6.45) is 4.90. The van der Waals surface area contributed by atoms with Crippen molar-refractivity contribution >= 4 is 23.6 Å². The van der Waals surface area contributed by atoms with E-state index in [-0.39, 0.29) is 0 Å². The molecule has 0 atom stereocenters. The van der Waals surface area contributed by atoms with E-state index in [0.29, 0.717) is 30.0 Å². The van der Waals surface area contributed by atoms with Crippen molar-refractivity contribution in [3.8, 4) is 11.5 Å². The molecule has 0 amide bonds. The Labute approximate surface area is 176 Å². The number of rotatable bonds is 9. The Morgan fingerprint density at radius 2 is 2.03 bits per heavy atom. The average Bonchev–Trinajstić information content (AvgIpc) is 2.76. The van der Waals surface area contributed by atoms with Crippen LogP contribution in [0.2, 0.25) is 5.15 Å². The zero-order chi connectivity index (χ0) is 20.5. The first-order chi connectivity index (χ1) is 14.2. The summed E-state index contributed by atoms with van der Waals surface area (Å²) in [6.45, 7) is 5.06. The highest BCUT2D eigenvalue weighted by Gasteiger charge is 2.20. The molecule has 1 fully saturated rings. The number of piperidine rings is 1. The lowest BCUT2D eigenvalue weighted by Crippen LogP contribution is -2.34. The van der Waals surface area contributed by atoms with Gasteiger partial charge in [0.15, 0.2) is 11.0 Å². The minimum atomic E-state index is 0.423. The molecule has 3 rings (SSSR count). The number of benzene rings is 1. The summed E-state index contributed by atoms with van der Waals surface area (Å²) < 4.78 is 11.4. The third-order valence-corrected chi connectivity index (χ3v) is 5.15. The van der Waals surface area contributed by atoms with E-state index < -0.39 is 0 Å². The summed E-state index contributed by atoms with van der Waals surface area (Å²) in [5.74, 6) is 3.04. The monoisotopic (exact) mass is 418 g/mol. The zero-order valence-corrected chi connectivity index (χ0v) is 17.6. The fraction of sp³-hybridized carbons (Fsp3) is 0.476. The van der Waals surface area contributed by atoms with E-state index in [1.165, 1.54) is 0 Å². The first kappa shape index (κ1) is 21.2. The summed E-state index contributed by atoms with van der Waals surface area (Å²) in [5.41, 5.74) is 0.853. The van der Waals surface area contributed by atoms with Crippen molar-refractivity contribution in [3.05, 3.63) is 41.0 Å². The summed E-state index contributed by atoms with van der Waals surface area (Å²) in [4.78, 5) is 7.26. The molecule has 2 aromatic rings. The SMILES string of the molecule is CCO/N=C/c1ccc(OCCC2CCN(c3ccc(Cl)nn3)CC2)cc1OC. The van der Waals surface area contributed by atoms with Gasteiger partial charge in [-0.3, -0.25) is 0 Å². The molecule has 0 unspecified atom stereocenters. The van der Waals surface area contributed by atoms with E-state index in [2.05, 4.69) is 20.3 Å². The second kappa shape index (κ2) is 10.9. The number of halogens is 1. The smallest absolute Gasteiger partial charge is 0.151 e. The predicted octanol–water partition coefficient (Wildman–Crippen LogP) is 4.19. The average molecular weight is 419 g/mol. The van der Waals surface area contributed by atoms with E-state index in [1.54, 1.807) is 19.4 Å². The molecule has 8 heteroatoms. The Bertz CT molecular complexity index is 793. The van der Waals surface area contributed by atoms with Crippen molar-refractivity contribution in [1.82, 2.24) is 10.2 Å². The Kier molecular flexibility index (Phi) is 7.93. The molecule has 0 bridgehead atoms. The van der Waals surface area contributed by atoms with Crippen LogP contribution in [0.1, 0.15) is 31.7 Å². The van der Waals surface area contributed by atoms with Crippen molar-refractivity contribution in [2.75, 3.05) is 38.3 Å². The fourth-order valence-corrected chi connectivity index (χ4v) is 3.43. The standard InChI is InChI=1S/C21H27ClN4O3/c1-3-29-23-15-17-4-5-18(14-19(17)27-2)28-13-10-16-8-11-26(12-9-16)21-7-6-20(22)24-25-21/h4-7,14-16H,3,8-13H2,1-2H3/b23-15+. The summed E-state index contributed by atoms with van der Waals surface area (Å²) >= 11 is 5.81. The van der Waals surface area contributed by atoms with Gasteiger partial charge in [-0.1, -0.05) is 16.8 Å². The molecular formula is C21H27ClN4O3. The number of ether oxygens (including phenoxy) is 2. The van der Waals surface area contributed by atoms with Crippen LogP contribution in [-0.2, 0) is 4.84 Å². The van der Waals surface area contributed by atoms with Crippen LogP contribution < -0.4 is 14.4 Å². The van der Waals surface area contributed by atoms with Gasteiger partial charge >= 0.3 is 0 Å². The van der Waals surface area contributed by atoms with E-state index in [1.807, 2.05) is 31.2 Å². The quantitative estimate of drug-likeness (QED) is 0.449. The maximum atomic E-state index is 5.95. The largest absolute Gasteiger partial charge is 0.496 e. The molecule has 1 aliphatic rings. The summed E-state index contributed by atoms with van der Waals surface area (Å²) in [6, 6.07) is 9.44. The first-order valence-corrected chi connectivity index (χ1v) is 10.3. The van der Waals surface area contributed by atoms with Crippen LogP contribution >= 0.6 is 11.6 Å². The molecule has 1 aromatic heterocycles. The molecule has 1 aromatic carbocycles. The van der Waals surface area contributed by atoms with Crippen molar-refractivity contribution in [1.29, 1.82) is 0 Å². The molecular weight excluding hydrogens is 392 g/mol. The molecule has 156 valence electrons. The van der Waals surface area contributed by atoms with Gasteiger partial charge in [-0.25, -0.2) is 0 Å². The molecule has 0 radical (unpaired) electrons. The van der Waals surface area contributed by atoms with E-state index >= 15 is 0 Å². The minimum absolute atomic E-state index is 0.423. The van der Waals surface area contributed by atoms with Crippen LogP contribution in [0.4, 0.5) is 5.82 Å². The number of oxime groups is 1. The van der Waals surface area contributed by atoms with Gasteiger partial charge in [0.25, 0.3) is 0 Å². The second-order valence-electron chi connectivity index (χ2n) is 6.84. The lowest BCUT2D eigenvalue weighted by molar-refractivity contribution is 0.160. The summed E-state index contributed by atoms with van der Waals surface area (Å²) in [5, 5.41) is 12.4. The molecule has 7 nitrogen and oxygen atoms in total. The van der Waals surface area contributed by atoms with Gasteiger partial charge in [-0.05, 0) is 56.4 Å². The van der Waals surface area contributed by atoms with E-state index in [0.717, 1.165) is 49.5 Å². The number of nitrogens with zero attached hydrogens (tertiary/aromatic N) is 4. The van der Waals surface area contributed by atoms with Gasteiger partial charge in [0.2, 0.25) is 0 Å². The van der Waals surface area contributed by atoms with Crippen LogP contribution in [0.25, 0.3) is 0 Å². The molecule has 0 spiro atoms. The highest BCUT2D eigenvalue weighted by atomic mass is 35.5. The minimum Gasteiger partial charge on any atom is -0.496 e. The number of hydrogen-bond acceptors (Lipinski definition) is 7. The summed E-state index contributed by atoms with van der Waals surface area (Å²) in [7, 11) is 1.63. The van der Waals surface area contributed by atoms with Crippen molar-refractivity contribution in [2.45, 2.75) is 26.2 Å². The molecule has 0 aliphatic carbocycles. The van der Waals surface area contributed by atoms with Crippen LogP contribution in [0.3, 0.4) is 0 Å². The first-order valence-electron chi connectivity index (χ1n) is 9.90. The van der Waals surface area contributed by atoms with Crippen LogP contribution in [0.5, 0.6) is 11.5 Å². The molecule has 2 heterocycles. The molecule has 0 N–H and O–H groups in total. The van der Waals surface area contributed by atoms with Gasteiger partial charge in [0.05, 0.1) is 19.9 Å². The van der Waals surface area contributed by atoms with Gasteiger partial charge in [0, 0.05) is 24.7 Å². The van der Waals surface area contributed by atoms with E-state index in [4.69, 9.17) is 25.9 Å². The van der Waals surface area contributed by atoms with Gasteiger partial charge in [-0.15, -0.1) is 10.2 Å². The highest BCUT2D eigenvalue weighted by Crippen LogP contribution is 2.26. The third kappa shape index (κ3) is 6.22. The van der Waals surface area contributed by atoms with Crippen LogP contribution in [-0.4, -0.2) is 49.8 Å². The van der Waals surface area contributed by atoms with Crippen molar-refractivity contribution in [3.63, 3.8) is 0 Å². The third-order valence-electron chi connectivity index (χ3n) is 4.95. The fourth-order valence-electron chi connectivity index (χ4n) is 3.33. The topological polar surface area (TPSA) is 69.1 Å². The Morgan fingerprint density at radius 1 is 1.21 bits per heavy atom. The zero-order valence-electron chi connectivity index (χ0n) is 16.9. The number of methoxy groups -OCH3 is 1. The lowest BCUT2D eigenvalue weighted by atomic mass is 9.94. The Morgan fingerprint density at radius 3 is 2.72 bits per heavy atom. The number of aromatic nitrogens is 2. The molecule has 29 heavy (non-hydrogen) atoms. The highest BCUT2D eigenvalue weighted by molar-refractivity contribution is 6.29. The maximum Gasteiger partial charge on any atom is 0.151 e. The van der Waals surface area contributed by atoms with Gasteiger partial charge in [0.1, 0.15) is 18.1 Å². The number of anilines is 1. The molecule has 0 saturated carbocycles. The van der Waals surface area contributed by atoms with Crippen molar-refractivity contribution < 1.29 is 14.3 Å². The number of hydrogen-bond donors (Lipinski definition) is 0. The van der Waals surface area contributed by atoms with Crippen LogP contribution in [0.15, 0.2) is 35.5 Å². The second-order valence-corrected chi connectivity index (χ2v) is 7.23. The normalized spacial score (nSPS) is 14.9. The Hall–Kier alpha value is -2.54. The maximum absolute atomic E-state index is 5.95. The Balaban J connectivity index is 1.44. The van der Waals surface area contributed by atoms with Gasteiger partial charge < -0.3 is 19.2 Å². The predicted molar refractivity (Wildman–Crippen MR) is 114 cm³/mol. The van der Waals surface area contributed by atoms with E-state index in [9.17, 15) is 0 Å². The molecule has 1 aliphatic heterocycles. The lowest BCUT2D eigenvalue weighted by Gasteiger charge is -2.32. The van der Waals surface area contributed by atoms with Crippen molar-refractivity contribution in [2.24, 2.45) is 11.1 Å². The van der Waals surface area contributed by atoms with Crippen LogP contribution in [0, 0.1) is 5.92 Å². The van der Waals surface area contributed by atoms with Gasteiger partial charge in [-0.2, -0.15) is 0 Å². The molecule has 1 saturated heterocycles.